The van der Waals surface area contributed by atoms with Crippen molar-refractivity contribution >= 4 is 11.6 Å². The van der Waals surface area contributed by atoms with Gasteiger partial charge in [-0.1, -0.05) is 13.8 Å². The number of rotatable bonds is 4. The van der Waals surface area contributed by atoms with E-state index in [1.807, 2.05) is 13.8 Å². The van der Waals surface area contributed by atoms with E-state index in [2.05, 4.69) is 25.0 Å². The minimum Gasteiger partial charge on any atom is -0.463 e. The van der Waals surface area contributed by atoms with E-state index >= 15 is 0 Å². The first-order chi connectivity index (χ1) is 8.15. The molecular weight excluding hydrogens is 244 g/mol. The van der Waals surface area contributed by atoms with Gasteiger partial charge in [0.1, 0.15) is 12.7 Å². The summed E-state index contributed by atoms with van der Waals surface area (Å²) in [6, 6.07) is 0.184. The molecule has 0 aliphatic heterocycles. The van der Waals surface area contributed by atoms with Crippen LogP contribution < -0.4 is 4.74 Å². The van der Waals surface area contributed by atoms with Crippen LogP contribution in [0.15, 0.2) is 12.7 Å². The fourth-order valence-corrected chi connectivity index (χ4v) is 1.19. The van der Waals surface area contributed by atoms with Crippen LogP contribution in [0, 0.1) is 5.92 Å². The van der Waals surface area contributed by atoms with Crippen LogP contribution in [0.1, 0.15) is 13.8 Å². The smallest absolute Gasteiger partial charge is 0.322 e. The summed E-state index contributed by atoms with van der Waals surface area (Å²) in [7, 11) is 0. The molecule has 0 aliphatic rings. The summed E-state index contributed by atoms with van der Waals surface area (Å²) < 4.78 is 6.76. The lowest BCUT2D eigenvalue weighted by atomic mass is 10.2. The van der Waals surface area contributed by atoms with E-state index in [4.69, 9.17) is 16.3 Å². The number of aromatic nitrogens is 6. The summed E-state index contributed by atoms with van der Waals surface area (Å²) in [5, 5.41) is 3.96. The normalized spacial score (nSPS) is 10.8. The molecule has 0 atom stereocenters. The first-order valence-corrected chi connectivity index (χ1v) is 5.42. The maximum atomic E-state index is 5.78. The third kappa shape index (κ3) is 3.10. The molecule has 7 nitrogen and oxygen atoms in total. The van der Waals surface area contributed by atoms with Crippen molar-refractivity contribution in [1.82, 2.24) is 29.7 Å². The molecule has 17 heavy (non-hydrogen) atoms. The molecule has 2 rings (SSSR count). The Kier molecular flexibility index (Phi) is 3.48. The molecule has 0 unspecified atom stereocenters. The van der Waals surface area contributed by atoms with Gasteiger partial charge in [0.05, 0.1) is 6.61 Å². The molecule has 0 saturated heterocycles. The number of nitrogens with zero attached hydrogens (tertiary/aromatic N) is 6. The van der Waals surface area contributed by atoms with E-state index in [9.17, 15) is 0 Å². The monoisotopic (exact) mass is 254 g/mol. The van der Waals surface area contributed by atoms with Gasteiger partial charge in [-0.05, 0) is 17.5 Å². The van der Waals surface area contributed by atoms with E-state index in [-0.39, 0.29) is 17.2 Å². The molecule has 2 aromatic rings. The zero-order valence-corrected chi connectivity index (χ0v) is 10.2. The third-order valence-electron chi connectivity index (χ3n) is 1.75. The highest BCUT2D eigenvalue weighted by Crippen LogP contribution is 2.11. The van der Waals surface area contributed by atoms with Gasteiger partial charge in [-0.2, -0.15) is 24.7 Å². The van der Waals surface area contributed by atoms with Crippen LogP contribution in [-0.2, 0) is 0 Å². The summed E-state index contributed by atoms with van der Waals surface area (Å²) in [5.41, 5.74) is 0. The highest BCUT2D eigenvalue weighted by molar-refractivity contribution is 6.28. The Morgan fingerprint density at radius 3 is 2.82 bits per heavy atom. The summed E-state index contributed by atoms with van der Waals surface area (Å²) in [4.78, 5) is 15.7. The first kappa shape index (κ1) is 11.7. The second-order valence-corrected chi connectivity index (χ2v) is 4.07. The SMILES string of the molecule is CC(C)COc1nc(Cl)nc(-n2cncn2)n1. The topological polar surface area (TPSA) is 78.6 Å². The molecule has 0 aromatic carbocycles. The van der Waals surface area contributed by atoms with Crippen molar-refractivity contribution in [2.75, 3.05) is 6.61 Å². The predicted octanol–water partition coefficient (Wildman–Crippen LogP) is 1.14. The molecule has 0 aliphatic carbocycles. The number of hydrogen-bond acceptors (Lipinski definition) is 6. The van der Waals surface area contributed by atoms with Crippen LogP contribution in [0.3, 0.4) is 0 Å². The van der Waals surface area contributed by atoms with Crippen molar-refractivity contribution in [3.8, 4) is 12.0 Å². The van der Waals surface area contributed by atoms with Crippen molar-refractivity contribution < 1.29 is 4.74 Å². The Bertz CT molecular complexity index is 486. The van der Waals surface area contributed by atoms with Gasteiger partial charge in [0, 0.05) is 0 Å². The van der Waals surface area contributed by atoms with Crippen LogP contribution in [0.2, 0.25) is 5.28 Å². The summed E-state index contributed by atoms with van der Waals surface area (Å²) in [5.74, 6) is 0.654. The predicted molar refractivity (Wildman–Crippen MR) is 60.1 cm³/mol. The van der Waals surface area contributed by atoms with E-state index in [0.717, 1.165) is 0 Å². The van der Waals surface area contributed by atoms with Gasteiger partial charge in [0.15, 0.2) is 0 Å². The Labute approximate surface area is 103 Å². The molecular formula is C9H11ClN6O. The van der Waals surface area contributed by atoms with Gasteiger partial charge < -0.3 is 4.74 Å². The maximum Gasteiger partial charge on any atom is 0.322 e. The standard InChI is InChI=1S/C9H11ClN6O/c1-6(2)3-17-9-14-7(10)13-8(15-9)16-5-11-4-12-16/h4-6H,3H2,1-2H3. The van der Waals surface area contributed by atoms with Gasteiger partial charge in [0.2, 0.25) is 5.28 Å². The summed E-state index contributed by atoms with van der Waals surface area (Å²) in [6.45, 7) is 4.57. The van der Waals surface area contributed by atoms with Crippen molar-refractivity contribution in [3.05, 3.63) is 17.9 Å². The molecule has 2 heterocycles. The van der Waals surface area contributed by atoms with Gasteiger partial charge >= 0.3 is 6.01 Å². The van der Waals surface area contributed by atoms with Crippen LogP contribution in [0.4, 0.5) is 0 Å². The fraction of sp³-hybridized carbons (Fsp3) is 0.444. The molecule has 0 radical (unpaired) electrons. The Hall–Kier alpha value is -1.76. The van der Waals surface area contributed by atoms with E-state index < -0.39 is 0 Å². The van der Waals surface area contributed by atoms with E-state index in [1.165, 1.54) is 17.3 Å². The summed E-state index contributed by atoms with van der Waals surface area (Å²) >= 11 is 5.78. The van der Waals surface area contributed by atoms with Crippen LogP contribution in [0.25, 0.3) is 5.95 Å². The zero-order valence-electron chi connectivity index (χ0n) is 9.41. The van der Waals surface area contributed by atoms with Gasteiger partial charge in [-0.25, -0.2) is 4.98 Å². The minimum absolute atomic E-state index is 0.0595. The van der Waals surface area contributed by atoms with E-state index in [0.29, 0.717) is 12.5 Å². The molecule has 2 aromatic heterocycles. The molecule has 0 spiro atoms. The van der Waals surface area contributed by atoms with Crippen molar-refractivity contribution in [2.24, 2.45) is 5.92 Å². The molecule has 0 bridgehead atoms. The minimum atomic E-state index is 0.0595. The van der Waals surface area contributed by atoms with E-state index in [1.54, 1.807) is 0 Å². The van der Waals surface area contributed by atoms with Crippen molar-refractivity contribution in [2.45, 2.75) is 13.8 Å². The average Bonchev–Trinajstić information content (AvgIpc) is 2.79. The number of hydrogen-bond donors (Lipinski definition) is 0. The van der Waals surface area contributed by atoms with Gasteiger partial charge in [0.25, 0.3) is 5.95 Å². The molecule has 0 amide bonds. The largest absolute Gasteiger partial charge is 0.463 e. The van der Waals surface area contributed by atoms with Gasteiger partial charge in [-0.15, -0.1) is 0 Å². The Morgan fingerprint density at radius 2 is 2.18 bits per heavy atom. The number of halogens is 1. The highest BCUT2D eigenvalue weighted by Gasteiger charge is 2.08. The third-order valence-corrected chi connectivity index (χ3v) is 1.91. The zero-order chi connectivity index (χ0) is 12.3. The second kappa shape index (κ2) is 5.05. The van der Waals surface area contributed by atoms with Crippen molar-refractivity contribution in [3.63, 3.8) is 0 Å². The average molecular weight is 255 g/mol. The molecule has 0 N–H and O–H groups in total. The molecule has 0 saturated carbocycles. The Morgan fingerprint density at radius 1 is 1.35 bits per heavy atom. The van der Waals surface area contributed by atoms with Crippen LogP contribution in [-0.4, -0.2) is 36.3 Å². The lowest BCUT2D eigenvalue weighted by molar-refractivity contribution is 0.249. The number of ether oxygens (including phenoxy) is 1. The lowest BCUT2D eigenvalue weighted by Crippen LogP contribution is -2.10. The Balaban J connectivity index is 2.24. The second-order valence-electron chi connectivity index (χ2n) is 3.73. The van der Waals surface area contributed by atoms with Crippen LogP contribution in [0.5, 0.6) is 6.01 Å². The quantitative estimate of drug-likeness (QED) is 0.814. The first-order valence-electron chi connectivity index (χ1n) is 5.04. The van der Waals surface area contributed by atoms with Gasteiger partial charge in [-0.3, -0.25) is 0 Å². The highest BCUT2D eigenvalue weighted by atomic mass is 35.5. The molecule has 8 heteroatoms. The molecule has 90 valence electrons. The maximum absolute atomic E-state index is 5.78. The molecule has 0 fully saturated rings. The fourth-order valence-electron chi connectivity index (χ4n) is 1.04. The van der Waals surface area contributed by atoms with Crippen molar-refractivity contribution in [1.29, 1.82) is 0 Å². The van der Waals surface area contributed by atoms with Crippen LogP contribution >= 0.6 is 11.6 Å². The summed E-state index contributed by atoms with van der Waals surface area (Å²) in [6.07, 6.45) is 2.85. The lowest BCUT2D eigenvalue weighted by Gasteiger charge is -2.07.